The van der Waals surface area contributed by atoms with Gasteiger partial charge in [0.25, 0.3) is 0 Å². The van der Waals surface area contributed by atoms with Crippen molar-refractivity contribution in [1.82, 2.24) is 29.7 Å². The lowest BCUT2D eigenvalue weighted by Gasteiger charge is -2.33. The summed E-state index contributed by atoms with van der Waals surface area (Å²) in [7, 11) is 0. The van der Waals surface area contributed by atoms with E-state index in [0.29, 0.717) is 35.0 Å². The Bertz CT molecular complexity index is 1110. The third-order valence-corrected chi connectivity index (χ3v) is 5.38. The second-order valence-electron chi connectivity index (χ2n) is 7.34. The second kappa shape index (κ2) is 9.98. The highest BCUT2D eigenvalue weighted by Gasteiger charge is 2.18. The van der Waals surface area contributed by atoms with E-state index in [-0.39, 0.29) is 11.6 Å². The number of aromatic nitrogens is 4. The molecule has 32 heavy (non-hydrogen) atoms. The molecule has 0 saturated carbocycles. The average Bonchev–Trinajstić information content (AvgIpc) is 2.77. The van der Waals surface area contributed by atoms with Crippen molar-refractivity contribution in [3.05, 3.63) is 41.6 Å². The molecule has 168 valence electrons. The van der Waals surface area contributed by atoms with Gasteiger partial charge in [-0.1, -0.05) is 11.6 Å². The van der Waals surface area contributed by atoms with E-state index in [0.717, 1.165) is 32.7 Å². The number of hydrogen-bond acceptors (Lipinski definition) is 9. The van der Waals surface area contributed by atoms with Gasteiger partial charge >= 0.3 is 5.97 Å². The standard InChI is InChI=1S/C20H22ClFN8O2/c21-14-9-13(1-2-15(14)22)27-19-18-16(25-12-26-19)10-24-20(28-18)23-3-4-29-5-7-30(8-6-29)11-17(31)32/h1-2,9-10,12H,3-8,11H2,(H,31,32)(H,23,24,28)(H,25,26,27). The Morgan fingerprint density at radius 3 is 2.69 bits per heavy atom. The Morgan fingerprint density at radius 1 is 1.16 bits per heavy atom. The third kappa shape index (κ3) is 5.55. The van der Waals surface area contributed by atoms with Crippen LogP contribution in [0.2, 0.25) is 5.02 Å². The molecular weight excluding hydrogens is 439 g/mol. The number of fused-ring (bicyclic) bond motifs is 1. The number of nitrogens with zero attached hydrogens (tertiary/aromatic N) is 6. The summed E-state index contributed by atoms with van der Waals surface area (Å²) >= 11 is 5.86. The van der Waals surface area contributed by atoms with Crippen LogP contribution in [-0.4, -0.2) is 86.6 Å². The van der Waals surface area contributed by atoms with Gasteiger partial charge in [0.2, 0.25) is 5.95 Å². The molecule has 1 fully saturated rings. The van der Waals surface area contributed by atoms with E-state index < -0.39 is 11.8 Å². The number of benzene rings is 1. The minimum atomic E-state index is -0.797. The first-order chi connectivity index (χ1) is 15.5. The molecule has 0 bridgehead atoms. The summed E-state index contributed by atoms with van der Waals surface area (Å²) in [6, 6.07) is 4.31. The summed E-state index contributed by atoms with van der Waals surface area (Å²) in [6.45, 7) is 4.60. The van der Waals surface area contributed by atoms with Crippen LogP contribution in [0.15, 0.2) is 30.7 Å². The number of carboxylic acids is 1. The van der Waals surface area contributed by atoms with Gasteiger partial charge in [-0.2, -0.15) is 0 Å². The maximum atomic E-state index is 13.4. The fourth-order valence-corrected chi connectivity index (χ4v) is 3.61. The molecule has 1 saturated heterocycles. The first-order valence-corrected chi connectivity index (χ1v) is 10.5. The zero-order chi connectivity index (χ0) is 22.5. The summed E-state index contributed by atoms with van der Waals surface area (Å²) < 4.78 is 13.4. The van der Waals surface area contributed by atoms with E-state index in [1.165, 1.54) is 18.5 Å². The van der Waals surface area contributed by atoms with Gasteiger partial charge in [0.15, 0.2) is 5.82 Å². The molecule has 12 heteroatoms. The molecule has 3 N–H and O–H groups in total. The molecule has 3 aromatic rings. The van der Waals surface area contributed by atoms with E-state index in [1.807, 2.05) is 4.90 Å². The lowest BCUT2D eigenvalue weighted by atomic mass is 10.3. The van der Waals surface area contributed by atoms with Crippen molar-refractivity contribution in [2.24, 2.45) is 0 Å². The molecule has 1 aromatic carbocycles. The highest BCUT2D eigenvalue weighted by molar-refractivity contribution is 6.31. The van der Waals surface area contributed by atoms with Crippen LogP contribution in [0.4, 0.5) is 21.8 Å². The summed E-state index contributed by atoms with van der Waals surface area (Å²) in [5.41, 5.74) is 1.66. The Labute approximate surface area is 188 Å². The van der Waals surface area contributed by atoms with Gasteiger partial charge in [-0.25, -0.2) is 24.3 Å². The molecule has 0 aliphatic carbocycles. The molecule has 1 aliphatic rings. The largest absolute Gasteiger partial charge is 0.480 e. The van der Waals surface area contributed by atoms with Crippen molar-refractivity contribution in [2.45, 2.75) is 0 Å². The Balaban J connectivity index is 1.37. The van der Waals surface area contributed by atoms with Gasteiger partial charge in [0.05, 0.1) is 17.8 Å². The zero-order valence-corrected chi connectivity index (χ0v) is 17.9. The molecule has 0 amide bonds. The summed E-state index contributed by atoms with van der Waals surface area (Å²) in [4.78, 5) is 32.3. The van der Waals surface area contributed by atoms with Gasteiger partial charge in [0, 0.05) is 45.0 Å². The quantitative estimate of drug-likeness (QED) is 0.460. The summed E-state index contributed by atoms with van der Waals surface area (Å²) in [6.07, 6.45) is 3.01. The van der Waals surface area contributed by atoms with Crippen LogP contribution < -0.4 is 10.6 Å². The van der Waals surface area contributed by atoms with E-state index >= 15 is 0 Å². The molecule has 0 unspecified atom stereocenters. The molecule has 0 spiro atoms. The Kier molecular flexibility index (Phi) is 6.88. The van der Waals surface area contributed by atoms with E-state index in [1.54, 1.807) is 12.3 Å². The monoisotopic (exact) mass is 460 g/mol. The molecule has 4 rings (SSSR count). The summed E-state index contributed by atoms with van der Waals surface area (Å²) in [5.74, 6) is -0.398. The van der Waals surface area contributed by atoms with Gasteiger partial charge in [-0.15, -0.1) is 0 Å². The minimum absolute atomic E-state index is 0.00846. The van der Waals surface area contributed by atoms with Crippen LogP contribution in [0.5, 0.6) is 0 Å². The Morgan fingerprint density at radius 2 is 1.94 bits per heavy atom. The van der Waals surface area contributed by atoms with Gasteiger partial charge in [-0.05, 0) is 18.2 Å². The maximum absolute atomic E-state index is 13.4. The second-order valence-corrected chi connectivity index (χ2v) is 7.75. The van der Waals surface area contributed by atoms with Gasteiger partial charge < -0.3 is 15.7 Å². The van der Waals surface area contributed by atoms with Crippen LogP contribution in [-0.2, 0) is 4.79 Å². The smallest absolute Gasteiger partial charge is 0.317 e. The highest BCUT2D eigenvalue weighted by Crippen LogP contribution is 2.25. The predicted octanol–water partition coefficient (Wildman–Crippen LogP) is 2.07. The van der Waals surface area contributed by atoms with Crippen molar-refractivity contribution in [3.8, 4) is 0 Å². The van der Waals surface area contributed by atoms with Crippen LogP contribution in [0, 0.1) is 5.82 Å². The number of halogens is 2. The van der Waals surface area contributed by atoms with Gasteiger partial charge in [-0.3, -0.25) is 14.6 Å². The lowest BCUT2D eigenvalue weighted by molar-refractivity contribution is -0.138. The van der Waals surface area contributed by atoms with Crippen molar-refractivity contribution in [1.29, 1.82) is 0 Å². The van der Waals surface area contributed by atoms with Crippen LogP contribution >= 0.6 is 11.6 Å². The number of carbonyl (C=O) groups is 1. The maximum Gasteiger partial charge on any atom is 0.317 e. The van der Waals surface area contributed by atoms with E-state index in [9.17, 15) is 9.18 Å². The fraction of sp³-hybridized carbons (Fsp3) is 0.350. The highest BCUT2D eigenvalue weighted by atomic mass is 35.5. The SMILES string of the molecule is O=C(O)CN1CCN(CCNc2ncc3ncnc(Nc4ccc(F)c(Cl)c4)c3n2)CC1. The number of anilines is 3. The number of aliphatic carboxylic acids is 1. The summed E-state index contributed by atoms with van der Waals surface area (Å²) in [5, 5.41) is 15.2. The average molecular weight is 461 g/mol. The molecule has 3 heterocycles. The van der Waals surface area contributed by atoms with E-state index in [4.69, 9.17) is 16.7 Å². The predicted molar refractivity (Wildman–Crippen MR) is 119 cm³/mol. The normalized spacial score (nSPS) is 15.1. The molecule has 0 atom stereocenters. The first kappa shape index (κ1) is 22.1. The van der Waals surface area contributed by atoms with Crippen molar-refractivity contribution in [3.63, 3.8) is 0 Å². The number of nitrogens with one attached hydrogen (secondary N) is 2. The topological polar surface area (TPSA) is 119 Å². The van der Waals surface area contributed by atoms with Crippen molar-refractivity contribution in [2.75, 3.05) is 56.4 Å². The number of rotatable bonds is 8. The fourth-order valence-electron chi connectivity index (χ4n) is 3.43. The van der Waals surface area contributed by atoms with Gasteiger partial charge in [0.1, 0.15) is 23.2 Å². The van der Waals surface area contributed by atoms with Crippen LogP contribution in [0.3, 0.4) is 0 Å². The zero-order valence-electron chi connectivity index (χ0n) is 17.1. The third-order valence-electron chi connectivity index (χ3n) is 5.09. The number of hydrogen-bond donors (Lipinski definition) is 3. The Hall–Kier alpha value is -3.15. The molecule has 1 aliphatic heterocycles. The minimum Gasteiger partial charge on any atom is -0.480 e. The van der Waals surface area contributed by atoms with E-state index in [2.05, 4.69) is 35.5 Å². The number of carboxylic acid groups (broad SMARTS) is 1. The van der Waals surface area contributed by atoms with Crippen molar-refractivity contribution >= 4 is 46.1 Å². The molecule has 0 radical (unpaired) electrons. The van der Waals surface area contributed by atoms with Crippen molar-refractivity contribution < 1.29 is 14.3 Å². The van der Waals surface area contributed by atoms with Crippen LogP contribution in [0.1, 0.15) is 0 Å². The lowest BCUT2D eigenvalue weighted by Crippen LogP contribution is -2.48. The first-order valence-electron chi connectivity index (χ1n) is 10.1. The molecule has 2 aromatic heterocycles. The molecule has 10 nitrogen and oxygen atoms in total. The number of piperazine rings is 1. The molecular formula is C20H22ClFN8O2. The van der Waals surface area contributed by atoms with Crippen LogP contribution in [0.25, 0.3) is 11.0 Å².